The molecule has 0 amide bonds. The lowest BCUT2D eigenvalue weighted by atomic mass is 9.36. The van der Waals surface area contributed by atoms with E-state index in [1.807, 2.05) is 35.3 Å². The standard InChI is InChI=1S/C48H29BS3/c1-3-9-30(10-4-1)36-25-37(31-11-5-2-6-12-31)27-38(26-36)34-21-17-32(18-22-34)33-19-23-35(24-20-33)39-28-44-48-45(29-39)52-43-16-8-14-41-47(43)49(48)46-40(50-41)13-7-15-42(46)51-44/h1-29H. The number of benzene rings is 8. The van der Waals surface area contributed by atoms with Crippen LogP contribution in [-0.4, -0.2) is 6.71 Å². The van der Waals surface area contributed by atoms with Gasteiger partial charge in [-0.3, -0.25) is 0 Å². The summed E-state index contributed by atoms with van der Waals surface area (Å²) in [6.45, 7) is 0.330. The van der Waals surface area contributed by atoms with Crippen molar-refractivity contribution < 1.29 is 0 Å². The Morgan fingerprint density at radius 2 is 0.519 bits per heavy atom. The first-order chi connectivity index (χ1) is 25.7. The monoisotopic (exact) mass is 712 g/mol. The van der Waals surface area contributed by atoms with Gasteiger partial charge in [0.05, 0.1) is 0 Å². The van der Waals surface area contributed by atoms with Crippen LogP contribution >= 0.6 is 35.3 Å². The molecule has 4 heteroatoms. The SMILES string of the molecule is c1ccc(-c2cc(-c3ccccc3)cc(-c3ccc(-c4ccc(-c5cc6c7c(c5)Sc5cccc8c5B7c5c(cccc5S6)S8)cc4)cc3)c2)cc1. The molecule has 3 heterocycles. The van der Waals surface area contributed by atoms with Gasteiger partial charge in [0.25, 0.3) is 0 Å². The highest BCUT2D eigenvalue weighted by Crippen LogP contribution is 2.46. The average Bonchev–Trinajstić information content (AvgIpc) is 3.21. The molecule has 8 aromatic carbocycles. The Balaban J connectivity index is 0.920. The number of hydrogen-bond donors (Lipinski definition) is 0. The van der Waals surface area contributed by atoms with Crippen molar-refractivity contribution in [2.24, 2.45) is 0 Å². The molecule has 0 saturated heterocycles. The fourth-order valence-corrected chi connectivity index (χ4v) is 12.0. The fraction of sp³-hybridized carbons (Fsp3) is 0. The summed E-state index contributed by atoms with van der Waals surface area (Å²) in [4.78, 5) is 8.42. The summed E-state index contributed by atoms with van der Waals surface area (Å²) in [5, 5.41) is 0. The van der Waals surface area contributed by atoms with E-state index in [1.54, 1.807) is 0 Å². The van der Waals surface area contributed by atoms with E-state index < -0.39 is 0 Å². The molecule has 3 aliphatic rings. The van der Waals surface area contributed by atoms with Crippen molar-refractivity contribution in [3.05, 3.63) is 176 Å². The first-order valence-electron chi connectivity index (χ1n) is 17.7. The van der Waals surface area contributed by atoms with Gasteiger partial charge in [0.15, 0.2) is 0 Å². The minimum absolute atomic E-state index is 0.330. The zero-order valence-electron chi connectivity index (χ0n) is 28.0. The van der Waals surface area contributed by atoms with Crippen molar-refractivity contribution in [2.75, 3.05) is 0 Å². The molecule has 0 atom stereocenters. The van der Waals surface area contributed by atoms with Crippen LogP contribution in [0.2, 0.25) is 0 Å². The molecule has 52 heavy (non-hydrogen) atoms. The Morgan fingerprint density at radius 1 is 0.231 bits per heavy atom. The van der Waals surface area contributed by atoms with E-state index in [1.165, 1.54) is 101 Å². The minimum Gasteiger partial charge on any atom is -0.0911 e. The second kappa shape index (κ2) is 12.2. The fourth-order valence-electron chi connectivity index (χ4n) is 8.08. The quantitative estimate of drug-likeness (QED) is 0.163. The van der Waals surface area contributed by atoms with Crippen molar-refractivity contribution in [1.82, 2.24) is 0 Å². The van der Waals surface area contributed by atoms with E-state index in [9.17, 15) is 0 Å². The third-order valence-electron chi connectivity index (χ3n) is 10.6. The minimum atomic E-state index is 0.330. The highest BCUT2D eigenvalue weighted by Gasteiger charge is 2.43. The Labute approximate surface area is 317 Å². The maximum Gasteiger partial charge on any atom is 0.250 e. The Bertz CT molecular complexity index is 2550. The summed E-state index contributed by atoms with van der Waals surface area (Å²) in [5.41, 5.74) is 16.9. The lowest BCUT2D eigenvalue weighted by molar-refractivity contribution is 1.27. The summed E-state index contributed by atoms with van der Waals surface area (Å²) in [7, 11) is 0. The lowest BCUT2D eigenvalue weighted by Gasteiger charge is -2.38. The Kier molecular flexibility index (Phi) is 7.18. The normalized spacial score (nSPS) is 13.1. The van der Waals surface area contributed by atoms with Gasteiger partial charge < -0.3 is 0 Å². The zero-order valence-corrected chi connectivity index (χ0v) is 30.5. The van der Waals surface area contributed by atoms with Crippen LogP contribution in [0.1, 0.15) is 0 Å². The van der Waals surface area contributed by atoms with Crippen LogP contribution in [0, 0.1) is 0 Å². The van der Waals surface area contributed by atoms with Crippen molar-refractivity contribution in [3.63, 3.8) is 0 Å². The molecule has 8 aromatic rings. The molecule has 0 unspecified atom stereocenters. The molecular formula is C48H29BS3. The Morgan fingerprint density at radius 3 is 0.904 bits per heavy atom. The van der Waals surface area contributed by atoms with Crippen molar-refractivity contribution >= 4 is 58.4 Å². The summed E-state index contributed by atoms with van der Waals surface area (Å²) >= 11 is 5.84. The maximum atomic E-state index is 2.44. The van der Waals surface area contributed by atoms with Gasteiger partial charge in [-0.1, -0.05) is 157 Å². The predicted octanol–water partition coefficient (Wildman–Crippen LogP) is 11.9. The summed E-state index contributed by atoms with van der Waals surface area (Å²) in [6, 6.07) is 65.1. The third-order valence-corrected chi connectivity index (χ3v) is 14.0. The van der Waals surface area contributed by atoms with Crippen LogP contribution in [0.15, 0.2) is 205 Å². The van der Waals surface area contributed by atoms with Gasteiger partial charge in [-0.2, -0.15) is 0 Å². The second-order valence-corrected chi connectivity index (χ2v) is 16.9. The average molecular weight is 713 g/mol. The van der Waals surface area contributed by atoms with Crippen LogP contribution in [0.25, 0.3) is 55.6 Å². The molecule has 0 fully saturated rings. The van der Waals surface area contributed by atoms with Crippen molar-refractivity contribution in [2.45, 2.75) is 29.4 Å². The van der Waals surface area contributed by atoms with Crippen molar-refractivity contribution in [3.8, 4) is 55.6 Å². The molecule has 0 radical (unpaired) electrons. The van der Waals surface area contributed by atoms with Crippen LogP contribution in [0.3, 0.4) is 0 Å². The van der Waals surface area contributed by atoms with Gasteiger partial charge >= 0.3 is 0 Å². The molecule has 3 aliphatic heterocycles. The van der Waals surface area contributed by atoms with E-state index in [2.05, 4.69) is 176 Å². The largest absolute Gasteiger partial charge is 0.250 e. The summed E-state index contributed by atoms with van der Waals surface area (Å²) < 4.78 is 0. The van der Waals surface area contributed by atoms with Crippen molar-refractivity contribution in [1.29, 1.82) is 0 Å². The van der Waals surface area contributed by atoms with Crippen LogP contribution in [-0.2, 0) is 0 Å². The molecular weight excluding hydrogens is 684 g/mol. The highest BCUT2D eigenvalue weighted by atomic mass is 32.2. The molecule has 0 aromatic heterocycles. The molecule has 11 rings (SSSR count). The number of rotatable bonds is 5. The zero-order chi connectivity index (χ0) is 34.2. The van der Waals surface area contributed by atoms with E-state index in [4.69, 9.17) is 0 Å². The molecule has 0 spiro atoms. The van der Waals surface area contributed by atoms with E-state index in [0.717, 1.165) is 0 Å². The first-order valence-corrected chi connectivity index (χ1v) is 20.1. The van der Waals surface area contributed by atoms with Crippen LogP contribution < -0.4 is 16.4 Å². The molecule has 0 bridgehead atoms. The third kappa shape index (κ3) is 5.04. The molecule has 0 nitrogen and oxygen atoms in total. The molecule has 0 N–H and O–H groups in total. The van der Waals surface area contributed by atoms with Crippen LogP contribution in [0.5, 0.6) is 0 Å². The predicted molar refractivity (Wildman–Crippen MR) is 224 cm³/mol. The summed E-state index contributed by atoms with van der Waals surface area (Å²) in [5.74, 6) is 0. The van der Waals surface area contributed by atoms with Gasteiger partial charge in [-0.25, -0.2) is 0 Å². The van der Waals surface area contributed by atoms with Gasteiger partial charge in [0.2, 0.25) is 6.71 Å². The molecule has 0 saturated carbocycles. The lowest BCUT2D eigenvalue weighted by Crippen LogP contribution is -2.60. The smallest absolute Gasteiger partial charge is 0.0911 e. The van der Waals surface area contributed by atoms with Gasteiger partial charge in [-0.15, -0.1) is 0 Å². The van der Waals surface area contributed by atoms with Gasteiger partial charge in [-0.05, 0) is 127 Å². The Hall–Kier alpha value is -5.13. The maximum absolute atomic E-state index is 2.44. The van der Waals surface area contributed by atoms with Gasteiger partial charge in [0, 0.05) is 29.4 Å². The highest BCUT2D eigenvalue weighted by molar-refractivity contribution is 8.02. The van der Waals surface area contributed by atoms with Crippen LogP contribution in [0.4, 0.5) is 0 Å². The second-order valence-electron chi connectivity index (χ2n) is 13.6. The summed E-state index contributed by atoms with van der Waals surface area (Å²) in [6.07, 6.45) is 0. The first kappa shape index (κ1) is 30.5. The molecule has 242 valence electrons. The molecule has 0 aliphatic carbocycles. The van der Waals surface area contributed by atoms with Gasteiger partial charge in [0.1, 0.15) is 0 Å². The topological polar surface area (TPSA) is 0 Å². The number of hydrogen-bond acceptors (Lipinski definition) is 3. The van der Waals surface area contributed by atoms with E-state index in [-0.39, 0.29) is 0 Å². The van der Waals surface area contributed by atoms with E-state index >= 15 is 0 Å². The van der Waals surface area contributed by atoms with E-state index in [0.29, 0.717) is 6.71 Å².